The molecule has 4 rings (SSSR count). The van der Waals surface area contributed by atoms with Gasteiger partial charge in [-0.1, -0.05) is 23.7 Å². The van der Waals surface area contributed by atoms with E-state index in [0.717, 1.165) is 30.8 Å². The molecule has 2 aromatic heterocycles. The molecule has 0 saturated heterocycles. The van der Waals surface area contributed by atoms with Gasteiger partial charge in [0, 0.05) is 5.56 Å². The summed E-state index contributed by atoms with van der Waals surface area (Å²) in [6.07, 6.45) is 4.00. The van der Waals surface area contributed by atoms with Crippen LogP contribution < -0.4 is 4.57 Å². The number of pyridine rings is 1. The van der Waals surface area contributed by atoms with Crippen molar-refractivity contribution in [1.82, 2.24) is 4.98 Å². The molecule has 0 bridgehead atoms. The lowest BCUT2D eigenvalue weighted by Gasteiger charge is -2.03. The van der Waals surface area contributed by atoms with E-state index in [4.69, 9.17) is 16.6 Å². The minimum absolute atomic E-state index is 0.330. The summed E-state index contributed by atoms with van der Waals surface area (Å²) in [5.74, 6) is -0.330. The molecule has 0 aliphatic rings. The summed E-state index contributed by atoms with van der Waals surface area (Å²) in [4.78, 5) is 4.71. The summed E-state index contributed by atoms with van der Waals surface area (Å²) >= 11 is 11.4. The first-order valence-corrected chi connectivity index (χ1v) is 9.57. The topological polar surface area (TPSA) is 16.8 Å². The summed E-state index contributed by atoms with van der Waals surface area (Å²) in [7, 11) is 0. The summed E-state index contributed by atoms with van der Waals surface area (Å²) in [5, 5.41) is 1.38. The highest BCUT2D eigenvalue weighted by molar-refractivity contribution is 9.10. The van der Waals surface area contributed by atoms with Crippen molar-refractivity contribution in [3.8, 4) is 10.6 Å². The van der Waals surface area contributed by atoms with Crippen molar-refractivity contribution < 1.29 is 8.96 Å². The van der Waals surface area contributed by atoms with Gasteiger partial charge in [-0.2, -0.15) is 4.57 Å². The van der Waals surface area contributed by atoms with E-state index in [-0.39, 0.29) is 5.82 Å². The predicted molar refractivity (Wildman–Crippen MR) is 103 cm³/mol. The minimum atomic E-state index is -0.330. The van der Waals surface area contributed by atoms with Crippen molar-refractivity contribution in [1.29, 1.82) is 0 Å². The molecule has 0 aliphatic carbocycles. The van der Waals surface area contributed by atoms with Crippen LogP contribution in [0.25, 0.3) is 20.8 Å². The van der Waals surface area contributed by atoms with Gasteiger partial charge in [-0.25, -0.2) is 9.37 Å². The molecule has 2 aromatic carbocycles. The van der Waals surface area contributed by atoms with Crippen LogP contribution >= 0.6 is 38.9 Å². The lowest BCUT2D eigenvalue weighted by atomic mass is 10.2. The first kappa shape index (κ1) is 16.6. The molecule has 0 atom stereocenters. The van der Waals surface area contributed by atoms with Crippen LogP contribution in [0.1, 0.15) is 5.56 Å². The van der Waals surface area contributed by atoms with Crippen molar-refractivity contribution in [3.05, 3.63) is 81.8 Å². The van der Waals surface area contributed by atoms with Crippen LogP contribution in [0.15, 0.2) is 65.4 Å². The summed E-state index contributed by atoms with van der Waals surface area (Å²) in [6.45, 7) is 0.552. The number of para-hydroxylation sites is 1. The number of fused-ring (bicyclic) bond motifs is 1. The fourth-order valence-corrected chi connectivity index (χ4v) is 4.33. The van der Waals surface area contributed by atoms with Crippen LogP contribution in [0, 0.1) is 5.82 Å². The lowest BCUT2D eigenvalue weighted by Crippen LogP contribution is -2.34. The number of aromatic nitrogens is 2. The third-order valence-corrected chi connectivity index (χ3v) is 5.67. The standard InChI is InChI=1S/C19H12BrClFN2S/c20-14-7-13(19-23-17-3-1-2-4-18(17)25-19)10-24(11-14)9-12-5-6-15(22)8-16(12)21/h1-8,10-11H,9H2/q+1. The Hall–Kier alpha value is -1.82. The Kier molecular flexibility index (Phi) is 4.54. The van der Waals surface area contributed by atoms with E-state index in [1.165, 1.54) is 12.1 Å². The normalized spacial score (nSPS) is 11.2. The van der Waals surface area contributed by atoms with Crippen LogP contribution in [0.3, 0.4) is 0 Å². The van der Waals surface area contributed by atoms with Crippen LogP contribution in [0.2, 0.25) is 5.02 Å². The van der Waals surface area contributed by atoms with Crippen LogP contribution in [-0.4, -0.2) is 4.98 Å². The zero-order valence-electron chi connectivity index (χ0n) is 12.9. The Morgan fingerprint density at radius 3 is 2.76 bits per heavy atom. The molecular formula is C19H12BrClFN2S+. The zero-order valence-corrected chi connectivity index (χ0v) is 16.1. The molecule has 124 valence electrons. The molecule has 0 saturated carbocycles. The van der Waals surface area contributed by atoms with Crippen molar-refractivity contribution in [3.63, 3.8) is 0 Å². The molecule has 2 nitrogen and oxygen atoms in total. The number of halogens is 3. The Balaban J connectivity index is 1.73. The number of rotatable bonds is 3. The Bertz CT molecular complexity index is 1050. The van der Waals surface area contributed by atoms with E-state index in [2.05, 4.69) is 22.0 Å². The second-order valence-corrected chi connectivity index (χ2v) is 7.99. The van der Waals surface area contributed by atoms with Gasteiger partial charge in [0.05, 0.1) is 25.3 Å². The molecule has 0 N–H and O–H groups in total. The first-order chi connectivity index (χ1) is 12.1. The smallest absolute Gasteiger partial charge is 0.183 e. The van der Waals surface area contributed by atoms with Crippen LogP contribution in [0.5, 0.6) is 0 Å². The molecule has 0 amide bonds. The number of benzene rings is 2. The molecule has 0 radical (unpaired) electrons. The van der Waals surface area contributed by atoms with E-state index in [1.807, 2.05) is 41.2 Å². The molecule has 0 aliphatic heterocycles. The van der Waals surface area contributed by atoms with E-state index < -0.39 is 0 Å². The Morgan fingerprint density at radius 2 is 1.96 bits per heavy atom. The average molecular weight is 435 g/mol. The Morgan fingerprint density at radius 1 is 1.12 bits per heavy atom. The van der Waals surface area contributed by atoms with Crippen molar-refractivity contribution in [2.24, 2.45) is 0 Å². The number of nitrogens with zero attached hydrogens (tertiary/aromatic N) is 2. The summed E-state index contributed by atoms with van der Waals surface area (Å²) in [6, 6.07) is 14.6. The van der Waals surface area contributed by atoms with E-state index in [9.17, 15) is 4.39 Å². The number of hydrogen-bond acceptors (Lipinski definition) is 2. The van der Waals surface area contributed by atoms with Gasteiger partial charge in [-0.3, -0.25) is 0 Å². The van der Waals surface area contributed by atoms with E-state index in [1.54, 1.807) is 17.4 Å². The lowest BCUT2D eigenvalue weighted by molar-refractivity contribution is -0.688. The molecule has 4 aromatic rings. The fraction of sp³-hybridized carbons (Fsp3) is 0.0526. The van der Waals surface area contributed by atoms with Crippen molar-refractivity contribution in [2.45, 2.75) is 6.54 Å². The van der Waals surface area contributed by atoms with E-state index in [0.29, 0.717) is 11.6 Å². The van der Waals surface area contributed by atoms with Gasteiger partial charge in [-0.05, 0) is 52.3 Å². The molecule has 0 unspecified atom stereocenters. The maximum Gasteiger partial charge on any atom is 0.183 e. The average Bonchev–Trinajstić information content (AvgIpc) is 3.01. The van der Waals surface area contributed by atoms with Gasteiger partial charge in [0.2, 0.25) is 0 Å². The second-order valence-electron chi connectivity index (χ2n) is 5.64. The molecular weight excluding hydrogens is 423 g/mol. The number of hydrogen-bond donors (Lipinski definition) is 0. The minimum Gasteiger partial charge on any atom is -0.236 e. The van der Waals surface area contributed by atoms with Gasteiger partial charge >= 0.3 is 0 Å². The van der Waals surface area contributed by atoms with Crippen LogP contribution in [-0.2, 0) is 6.54 Å². The highest BCUT2D eigenvalue weighted by Gasteiger charge is 2.14. The van der Waals surface area contributed by atoms with Gasteiger partial charge in [0.25, 0.3) is 0 Å². The van der Waals surface area contributed by atoms with Gasteiger partial charge in [0.1, 0.15) is 10.8 Å². The molecule has 0 spiro atoms. The third-order valence-electron chi connectivity index (χ3n) is 3.80. The largest absolute Gasteiger partial charge is 0.236 e. The second kappa shape index (κ2) is 6.83. The van der Waals surface area contributed by atoms with Crippen molar-refractivity contribution in [2.75, 3.05) is 0 Å². The SMILES string of the molecule is Fc1ccc(C[n+]2cc(Br)cc(-c3nc4ccccc4s3)c2)c(Cl)c1. The van der Waals surface area contributed by atoms with Gasteiger partial charge in [0.15, 0.2) is 18.9 Å². The third kappa shape index (κ3) is 3.59. The molecule has 25 heavy (non-hydrogen) atoms. The quantitative estimate of drug-likeness (QED) is 0.369. The van der Waals surface area contributed by atoms with Gasteiger partial charge in [-0.15, -0.1) is 11.3 Å². The molecule has 0 fully saturated rings. The monoisotopic (exact) mass is 433 g/mol. The fourth-order valence-electron chi connectivity index (χ4n) is 2.65. The van der Waals surface area contributed by atoms with E-state index >= 15 is 0 Å². The highest BCUT2D eigenvalue weighted by Crippen LogP contribution is 2.30. The predicted octanol–water partition coefficient (Wildman–Crippen LogP) is 5.85. The molecule has 2 heterocycles. The number of thiazole rings is 1. The summed E-state index contributed by atoms with van der Waals surface area (Å²) < 4.78 is 17.4. The Labute approximate surface area is 161 Å². The summed E-state index contributed by atoms with van der Waals surface area (Å²) in [5.41, 5.74) is 2.88. The first-order valence-electron chi connectivity index (χ1n) is 7.58. The van der Waals surface area contributed by atoms with Gasteiger partial charge < -0.3 is 0 Å². The molecule has 6 heteroatoms. The zero-order chi connectivity index (χ0) is 17.4. The van der Waals surface area contributed by atoms with Crippen molar-refractivity contribution >= 4 is 49.1 Å². The maximum atomic E-state index is 13.2. The maximum absolute atomic E-state index is 13.2. The highest BCUT2D eigenvalue weighted by atomic mass is 79.9. The van der Waals surface area contributed by atoms with Crippen LogP contribution in [0.4, 0.5) is 4.39 Å².